The van der Waals surface area contributed by atoms with Gasteiger partial charge in [0.15, 0.2) is 0 Å². The largest absolute Gasteiger partial charge is 0.481 e. The van der Waals surface area contributed by atoms with Gasteiger partial charge in [0.1, 0.15) is 11.4 Å². The predicted molar refractivity (Wildman–Crippen MR) is 110 cm³/mol. The van der Waals surface area contributed by atoms with E-state index in [0.29, 0.717) is 29.1 Å². The lowest BCUT2D eigenvalue weighted by Gasteiger charge is -2.62. The van der Waals surface area contributed by atoms with Crippen molar-refractivity contribution in [2.24, 2.45) is 11.8 Å². The molecule has 0 spiro atoms. The maximum absolute atomic E-state index is 13.0. The highest BCUT2D eigenvalue weighted by Gasteiger charge is 2.58. The SMILES string of the molecule is COc1cccc(C(=O)NC23CC4CC(CC(NC(=O)c5ccccn5)(C4)C2)C3)n1. The van der Waals surface area contributed by atoms with E-state index in [4.69, 9.17) is 4.74 Å². The molecule has 156 valence electrons. The Kier molecular flexibility index (Phi) is 4.49. The van der Waals surface area contributed by atoms with Crippen LogP contribution in [0.2, 0.25) is 0 Å². The Labute approximate surface area is 175 Å². The van der Waals surface area contributed by atoms with Gasteiger partial charge in [-0.2, -0.15) is 0 Å². The van der Waals surface area contributed by atoms with E-state index >= 15 is 0 Å². The van der Waals surface area contributed by atoms with Gasteiger partial charge < -0.3 is 15.4 Å². The van der Waals surface area contributed by atoms with Gasteiger partial charge in [-0.05, 0) is 68.6 Å². The molecule has 30 heavy (non-hydrogen) atoms. The summed E-state index contributed by atoms with van der Waals surface area (Å²) in [5.74, 6) is 1.13. The molecule has 0 aromatic carbocycles. The van der Waals surface area contributed by atoms with Crippen LogP contribution in [0.15, 0.2) is 42.6 Å². The summed E-state index contributed by atoms with van der Waals surface area (Å²) < 4.78 is 5.16. The van der Waals surface area contributed by atoms with Gasteiger partial charge in [0.25, 0.3) is 11.8 Å². The Morgan fingerprint density at radius 1 is 0.933 bits per heavy atom. The lowest BCUT2D eigenvalue weighted by Crippen LogP contribution is -2.69. The molecule has 4 aliphatic carbocycles. The Morgan fingerprint density at radius 2 is 1.57 bits per heavy atom. The van der Waals surface area contributed by atoms with Crippen molar-refractivity contribution in [1.29, 1.82) is 0 Å². The van der Waals surface area contributed by atoms with Gasteiger partial charge >= 0.3 is 0 Å². The zero-order valence-corrected chi connectivity index (χ0v) is 17.1. The standard InChI is InChI=1S/C23H26N4O3/c1-30-19-7-4-6-18(25-19)21(29)27-23-12-15-9-16(13-23)11-22(10-15,14-23)26-20(28)17-5-2-3-8-24-17/h2-8,15-16H,9-14H2,1H3,(H,26,28)(H,27,29). The van der Waals surface area contributed by atoms with Crippen molar-refractivity contribution >= 4 is 11.8 Å². The highest BCUT2D eigenvalue weighted by Crippen LogP contribution is 2.57. The third kappa shape index (κ3) is 3.42. The van der Waals surface area contributed by atoms with Crippen LogP contribution in [0.3, 0.4) is 0 Å². The number of pyridine rings is 2. The van der Waals surface area contributed by atoms with E-state index in [1.807, 2.05) is 6.07 Å². The van der Waals surface area contributed by atoms with Crippen LogP contribution in [0.25, 0.3) is 0 Å². The van der Waals surface area contributed by atoms with Gasteiger partial charge in [0, 0.05) is 23.3 Å². The minimum Gasteiger partial charge on any atom is -0.481 e. The second kappa shape index (κ2) is 7.07. The molecule has 2 heterocycles. The molecule has 0 radical (unpaired) electrons. The van der Waals surface area contributed by atoms with Gasteiger partial charge in [0.05, 0.1) is 7.11 Å². The van der Waals surface area contributed by atoms with Crippen molar-refractivity contribution in [3.05, 3.63) is 54.0 Å². The van der Waals surface area contributed by atoms with Crippen molar-refractivity contribution in [3.8, 4) is 5.88 Å². The van der Waals surface area contributed by atoms with E-state index < -0.39 is 0 Å². The van der Waals surface area contributed by atoms with Crippen LogP contribution in [0, 0.1) is 11.8 Å². The van der Waals surface area contributed by atoms with Crippen LogP contribution < -0.4 is 15.4 Å². The molecule has 4 aliphatic rings. The smallest absolute Gasteiger partial charge is 0.270 e. The fourth-order valence-corrected chi connectivity index (χ4v) is 6.32. The highest BCUT2D eigenvalue weighted by atomic mass is 16.5. The van der Waals surface area contributed by atoms with E-state index in [2.05, 4.69) is 20.6 Å². The summed E-state index contributed by atoms with van der Waals surface area (Å²) in [5, 5.41) is 6.61. The van der Waals surface area contributed by atoms with Crippen molar-refractivity contribution < 1.29 is 14.3 Å². The molecule has 0 aliphatic heterocycles. The van der Waals surface area contributed by atoms with Crippen LogP contribution in [0.4, 0.5) is 0 Å². The third-order valence-corrected chi connectivity index (χ3v) is 6.88. The number of amides is 2. The molecule has 2 unspecified atom stereocenters. The quantitative estimate of drug-likeness (QED) is 0.796. The van der Waals surface area contributed by atoms with Gasteiger partial charge in [-0.15, -0.1) is 0 Å². The second-order valence-corrected chi connectivity index (χ2v) is 9.21. The monoisotopic (exact) mass is 406 g/mol. The number of nitrogens with one attached hydrogen (secondary N) is 2. The Bertz CT molecular complexity index is 963. The zero-order chi connectivity index (χ0) is 20.8. The Morgan fingerprint density at radius 3 is 2.17 bits per heavy atom. The molecule has 2 amide bonds. The van der Waals surface area contributed by atoms with Gasteiger partial charge in [-0.1, -0.05) is 12.1 Å². The summed E-state index contributed by atoms with van der Waals surface area (Å²) in [7, 11) is 1.54. The number of carbonyl (C=O) groups is 2. The molecule has 6 rings (SSSR count). The molecule has 4 fully saturated rings. The van der Waals surface area contributed by atoms with Crippen LogP contribution in [-0.4, -0.2) is 40.0 Å². The third-order valence-electron chi connectivity index (χ3n) is 6.88. The highest BCUT2D eigenvalue weighted by molar-refractivity contribution is 5.93. The van der Waals surface area contributed by atoms with Crippen molar-refractivity contribution in [2.75, 3.05) is 7.11 Å². The van der Waals surface area contributed by atoms with Crippen LogP contribution in [-0.2, 0) is 0 Å². The van der Waals surface area contributed by atoms with Crippen molar-refractivity contribution in [2.45, 2.75) is 49.6 Å². The average molecular weight is 406 g/mol. The molecular weight excluding hydrogens is 380 g/mol. The summed E-state index contributed by atoms with van der Waals surface area (Å²) in [6.45, 7) is 0. The molecule has 2 aromatic heterocycles. The van der Waals surface area contributed by atoms with Crippen LogP contribution >= 0.6 is 0 Å². The topological polar surface area (TPSA) is 93.2 Å². The van der Waals surface area contributed by atoms with Gasteiger partial charge in [-0.3, -0.25) is 14.6 Å². The summed E-state index contributed by atoms with van der Waals surface area (Å²) in [6, 6.07) is 10.6. The molecule has 4 bridgehead atoms. The molecule has 0 saturated heterocycles. The number of nitrogens with zero attached hydrogens (tertiary/aromatic N) is 2. The molecule has 7 nitrogen and oxygen atoms in total. The van der Waals surface area contributed by atoms with E-state index in [9.17, 15) is 9.59 Å². The lowest BCUT2D eigenvalue weighted by molar-refractivity contribution is -0.0449. The first-order chi connectivity index (χ1) is 14.5. The Balaban J connectivity index is 1.37. The number of rotatable bonds is 5. The average Bonchev–Trinajstić information content (AvgIpc) is 2.72. The first kappa shape index (κ1) is 19.0. The molecule has 2 atom stereocenters. The molecule has 4 saturated carbocycles. The number of carbonyl (C=O) groups excluding carboxylic acids is 2. The summed E-state index contributed by atoms with van der Waals surface area (Å²) in [5.41, 5.74) is 0.209. The molecular formula is C23H26N4O3. The van der Waals surface area contributed by atoms with E-state index in [-0.39, 0.29) is 22.9 Å². The number of hydrogen-bond donors (Lipinski definition) is 2. The maximum Gasteiger partial charge on any atom is 0.270 e. The maximum atomic E-state index is 13.0. The number of hydrogen-bond acceptors (Lipinski definition) is 5. The number of aromatic nitrogens is 2. The summed E-state index contributed by atoms with van der Waals surface area (Å²) >= 11 is 0. The predicted octanol–water partition coefficient (Wildman–Crippen LogP) is 2.74. The fraction of sp³-hybridized carbons (Fsp3) is 0.478. The summed E-state index contributed by atoms with van der Waals surface area (Å²) in [6.07, 6.45) is 7.42. The van der Waals surface area contributed by atoms with E-state index in [1.165, 1.54) is 13.5 Å². The van der Waals surface area contributed by atoms with Crippen molar-refractivity contribution in [3.63, 3.8) is 0 Å². The van der Waals surface area contributed by atoms with Gasteiger partial charge in [-0.25, -0.2) is 4.98 Å². The Hall–Kier alpha value is -2.96. The lowest BCUT2D eigenvalue weighted by atomic mass is 9.49. The van der Waals surface area contributed by atoms with E-state index in [1.54, 1.807) is 36.5 Å². The minimum absolute atomic E-state index is 0.131. The van der Waals surface area contributed by atoms with Crippen LogP contribution in [0.1, 0.15) is 59.5 Å². The fourth-order valence-electron chi connectivity index (χ4n) is 6.32. The second-order valence-electron chi connectivity index (χ2n) is 9.21. The normalized spacial score (nSPS) is 31.2. The number of ether oxygens (including phenoxy) is 1. The first-order valence-corrected chi connectivity index (χ1v) is 10.6. The molecule has 2 aromatic rings. The molecule has 2 N–H and O–H groups in total. The number of methoxy groups -OCH3 is 1. The minimum atomic E-state index is -0.302. The van der Waals surface area contributed by atoms with Crippen molar-refractivity contribution in [1.82, 2.24) is 20.6 Å². The van der Waals surface area contributed by atoms with Gasteiger partial charge in [0.2, 0.25) is 5.88 Å². The first-order valence-electron chi connectivity index (χ1n) is 10.6. The van der Waals surface area contributed by atoms with E-state index in [0.717, 1.165) is 32.1 Å². The summed E-state index contributed by atoms with van der Waals surface area (Å²) in [4.78, 5) is 34.4. The zero-order valence-electron chi connectivity index (χ0n) is 17.1. The molecule has 7 heteroatoms. The van der Waals surface area contributed by atoms with Crippen LogP contribution in [0.5, 0.6) is 5.88 Å².